The molecule has 0 aliphatic heterocycles. The molecular formula is C15H25N3. The molecule has 1 unspecified atom stereocenters. The molecule has 1 aliphatic rings. The molecule has 1 heterocycles. The minimum atomic E-state index is 0.203. The van der Waals surface area contributed by atoms with E-state index >= 15 is 0 Å². The summed E-state index contributed by atoms with van der Waals surface area (Å²) in [4.78, 5) is 6.92. The van der Waals surface area contributed by atoms with Gasteiger partial charge in [-0.1, -0.05) is 25.3 Å². The summed E-state index contributed by atoms with van der Waals surface area (Å²) < 4.78 is 0. The third-order valence-corrected chi connectivity index (χ3v) is 3.85. The van der Waals surface area contributed by atoms with E-state index in [9.17, 15) is 0 Å². The van der Waals surface area contributed by atoms with Gasteiger partial charge in [-0.25, -0.2) is 4.98 Å². The van der Waals surface area contributed by atoms with Crippen molar-refractivity contribution in [3.05, 3.63) is 23.9 Å². The Morgan fingerprint density at radius 1 is 1.33 bits per heavy atom. The number of anilines is 1. The Morgan fingerprint density at radius 2 is 2.06 bits per heavy atom. The van der Waals surface area contributed by atoms with Crippen LogP contribution in [0.4, 0.5) is 5.82 Å². The van der Waals surface area contributed by atoms with Crippen molar-refractivity contribution < 1.29 is 0 Å². The Hall–Kier alpha value is -1.09. The number of nitrogens with two attached hydrogens (primary N) is 1. The van der Waals surface area contributed by atoms with Crippen molar-refractivity contribution in [2.45, 2.75) is 57.5 Å². The number of nitrogens with zero attached hydrogens (tertiary/aromatic N) is 2. The van der Waals surface area contributed by atoms with Crippen molar-refractivity contribution in [1.29, 1.82) is 0 Å². The monoisotopic (exact) mass is 247 g/mol. The first-order valence-electron chi connectivity index (χ1n) is 7.10. The fraction of sp³-hybridized carbons (Fsp3) is 0.667. The standard InChI is InChI=1S/C15H25N3/c1-12(16)10-13-8-9-15(17-11-13)18(2)14-6-4-3-5-7-14/h8-9,11-12,14H,3-7,10,16H2,1-2H3. The minimum Gasteiger partial charge on any atom is -0.357 e. The van der Waals surface area contributed by atoms with Crippen LogP contribution in [0, 0.1) is 0 Å². The Balaban J connectivity index is 1.99. The molecule has 3 nitrogen and oxygen atoms in total. The molecule has 0 saturated heterocycles. The van der Waals surface area contributed by atoms with Crippen LogP contribution < -0.4 is 10.6 Å². The maximum absolute atomic E-state index is 5.80. The van der Waals surface area contributed by atoms with E-state index in [-0.39, 0.29) is 6.04 Å². The van der Waals surface area contributed by atoms with E-state index in [1.54, 1.807) is 0 Å². The van der Waals surface area contributed by atoms with Gasteiger partial charge in [0, 0.05) is 25.3 Å². The van der Waals surface area contributed by atoms with Crippen molar-refractivity contribution in [3.63, 3.8) is 0 Å². The molecule has 1 aromatic heterocycles. The van der Waals surface area contributed by atoms with Crippen molar-refractivity contribution >= 4 is 5.82 Å². The molecule has 0 aromatic carbocycles. The maximum atomic E-state index is 5.80. The molecule has 0 amide bonds. The first-order chi connectivity index (χ1) is 8.66. The van der Waals surface area contributed by atoms with Gasteiger partial charge in [-0.2, -0.15) is 0 Å². The molecule has 2 N–H and O–H groups in total. The fourth-order valence-corrected chi connectivity index (χ4v) is 2.77. The zero-order valence-electron chi connectivity index (χ0n) is 11.6. The Bertz CT molecular complexity index is 353. The van der Waals surface area contributed by atoms with Crippen molar-refractivity contribution in [2.24, 2.45) is 5.73 Å². The number of rotatable bonds is 4. The van der Waals surface area contributed by atoms with Crippen molar-refractivity contribution in [3.8, 4) is 0 Å². The predicted octanol–water partition coefficient (Wildman–Crippen LogP) is 2.74. The van der Waals surface area contributed by atoms with Crippen LogP contribution in [0.1, 0.15) is 44.6 Å². The zero-order valence-corrected chi connectivity index (χ0v) is 11.6. The van der Waals surface area contributed by atoms with Gasteiger partial charge in [0.25, 0.3) is 0 Å². The van der Waals surface area contributed by atoms with E-state index in [2.05, 4.69) is 29.1 Å². The first kappa shape index (κ1) is 13.3. The summed E-state index contributed by atoms with van der Waals surface area (Å²) in [6, 6.07) is 5.16. The van der Waals surface area contributed by atoms with Gasteiger partial charge in [0.05, 0.1) is 0 Å². The second kappa shape index (κ2) is 6.19. The van der Waals surface area contributed by atoms with Crippen LogP contribution in [0.2, 0.25) is 0 Å². The summed E-state index contributed by atoms with van der Waals surface area (Å²) >= 11 is 0. The summed E-state index contributed by atoms with van der Waals surface area (Å²) in [7, 11) is 2.17. The third-order valence-electron chi connectivity index (χ3n) is 3.85. The van der Waals surface area contributed by atoms with E-state index in [0.717, 1.165) is 12.2 Å². The number of hydrogen-bond donors (Lipinski definition) is 1. The van der Waals surface area contributed by atoms with Crippen LogP contribution in [-0.2, 0) is 6.42 Å². The molecule has 100 valence electrons. The van der Waals surface area contributed by atoms with Gasteiger partial charge in [0.2, 0.25) is 0 Å². The van der Waals surface area contributed by atoms with Crippen LogP contribution in [0.5, 0.6) is 0 Å². The van der Waals surface area contributed by atoms with E-state index in [4.69, 9.17) is 5.73 Å². The summed E-state index contributed by atoms with van der Waals surface area (Å²) in [5, 5.41) is 0. The average molecular weight is 247 g/mol. The van der Waals surface area contributed by atoms with E-state index < -0.39 is 0 Å². The highest BCUT2D eigenvalue weighted by Crippen LogP contribution is 2.24. The molecule has 18 heavy (non-hydrogen) atoms. The molecule has 1 aromatic rings. The normalized spacial score (nSPS) is 18.6. The highest BCUT2D eigenvalue weighted by atomic mass is 15.2. The fourth-order valence-electron chi connectivity index (χ4n) is 2.77. The summed E-state index contributed by atoms with van der Waals surface area (Å²) in [5.41, 5.74) is 7.03. The topological polar surface area (TPSA) is 42.1 Å². The minimum absolute atomic E-state index is 0.203. The van der Waals surface area contributed by atoms with Crippen LogP contribution in [0.25, 0.3) is 0 Å². The molecule has 0 bridgehead atoms. The van der Waals surface area contributed by atoms with Gasteiger partial charge in [0.15, 0.2) is 0 Å². The second-order valence-electron chi connectivity index (χ2n) is 5.61. The Kier molecular flexibility index (Phi) is 4.59. The Labute approximate surface area is 110 Å². The zero-order chi connectivity index (χ0) is 13.0. The van der Waals surface area contributed by atoms with Crippen molar-refractivity contribution in [2.75, 3.05) is 11.9 Å². The number of aromatic nitrogens is 1. The molecular weight excluding hydrogens is 222 g/mol. The first-order valence-corrected chi connectivity index (χ1v) is 7.10. The molecule has 1 aliphatic carbocycles. The summed E-state index contributed by atoms with van der Waals surface area (Å²) in [5.74, 6) is 1.09. The lowest BCUT2D eigenvalue weighted by atomic mass is 9.94. The highest BCUT2D eigenvalue weighted by molar-refractivity contribution is 5.39. The van der Waals surface area contributed by atoms with E-state index in [0.29, 0.717) is 6.04 Å². The van der Waals surface area contributed by atoms with Crippen molar-refractivity contribution in [1.82, 2.24) is 4.98 Å². The molecule has 1 saturated carbocycles. The summed E-state index contributed by atoms with van der Waals surface area (Å²) in [6.45, 7) is 2.03. The summed E-state index contributed by atoms with van der Waals surface area (Å²) in [6.07, 6.45) is 9.60. The second-order valence-corrected chi connectivity index (χ2v) is 5.61. The van der Waals surface area contributed by atoms with Crippen LogP contribution >= 0.6 is 0 Å². The van der Waals surface area contributed by atoms with Crippen LogP contribution in [0.15, 0.2) is 18.3 Å². The molecule has 3 heteroatoms. The number of pyridine rings is 1. The third kappa shape index (κ3) is 3.45. The van der Waals surface area contributed by atoms with E-state index in [1.807, 2.05) is 13.1 Å². The molecule has 2 rings (SSSR count). The highest BCUT2D eigenvalue weighted by Gasteiger charge is 2.18. The lowest BCUT2D eigenvalue weighted by Crippen LogP contribution is -2.33. The predicted molar refractivity (Wildman–Crippen MR) is 76.9 cm³/mol. The maximum Gasteiger partial charge on any atom is 0.128 e. The Morgan fingerprint density at radius 3 is 2.61 bits per heavy atom. The number of hydrogen-bond acceptors (Lipinski definition) is 3. The molecule has 0 spiro atoms. The van der Waals surface area contributed by atoms with Gasteiger partial charge >= 0.3 is 0 Å². The van der Waals surface area contributed by atoms with Crippen LogP contribution in [0.3, 0.4) is 0 Å². The molecule has 0 radical (unpaired) electrons. The van der Waals surface area contributed by atoms with Gasteiger partial charge < -0.3 is 10.6 Å². The van der Waals surface area contributed by atoms with Gasteiger partial charge in [-0.3, -0.25) is 0 Å². The van der Waals surface area contributed by atoms with Gasteiger partial charge in [-0.15, -0.1) is 0 Å². The molecule has 1 fully saturated rings. The molecule has 1 atom stereocenters. The van der Waals surface area contributed by atoms with Gasteiger partial charge in [-0.05, 0) is 37.8 Å². The average Bonchev–Trinajstić information content (AvgIpc) is 2.39. The van der Waals surface area contributed by atoms with E-state index in [1.165, 1.54) is 37.7 Å². The van der Waals surface area contributed by atoms with Gasteiger partial charge in [0.1, 0.15) is 5.82 Å². The lowest BCUT2D eigenvalue weighted by molar-refractivity contribution is 0.426. The quantitative estimate of drug-likeness (QED) is 0.889. The lowest BCUT2D eigenvalue weighted by Gasteiger charge is -2.32. The van der Waals surface area contributed by atoms with Crippen LogP contribution in [-0.4, -0.2) is 24.1 Å². The largest absolute Gasteiger partial charge is 0.357 e. The smallest absolute Gasteiger partial charge is 0.128 e. The SMILES string of the molecule is CC(N)Cc1ccc(N(C)C2CCCCC2)nc1.